The summed E-state index contributed by atoms with van der Waals surface area (Å²) in [5.74, 6) is -0.411. The molecule has 6 N–H and O–H groups in total. The Morgan fingerprint density at radius 1 is 1.02 bits per heavy atom. The molecule has 0 aliphatic carbocycles. The maximum Gasteiger partial charge on any atom is 0.340 e. The van der Waals surface area contributed by atoms with E-state index in [1.165, 1.54) is 10.9 Å². The normalized spacial score (nSPS) is 25.3. The molecule has 0 bridgehead atoms. The summed E-state index contributed by atoms with van der Waals surface area (Å²) < 4.78 is 35.2. The van der Waals surface area contributed by atoms with Crippen LogP contribution in [0.25, 0.3) is 11.2 Å². The van der Waals surface area contributed by atoms with Crippen molar-refractivity contribution in [3.63, 3.8) is 0 Å². The SMILES string of the molecule is O=P(O)(O)CP(=O)(O)OC[C@H]1O[C@@H](n2cnc3c(NCc4ccccc4)nc(N4CCCCC4)nc32)[C@H](O)[C@@H]1O. The van der Waals surface area contributed by atoms with Crippen molar-refractivity contribution >= 4 is 38.1 Å². The van der Waals surface area contributed by atoms with Crippen molar-refractivity contribution in [2.24, 2.45) is 0 Å². The minimum absolute atomic E-state index is 0.346. The molecule has 17 heteroatoms. The zero-order valence-corrected chi connectivity index (χ0v) is 23.2. The number of ether oxygens (including phenoxy) is 1. The minimum atomic E-state index is -4.83. The number of benzene rings is 1. The van der Waals surface area contributed by atoms with Crippen LogP contribution >= 0.6 is 15.2 Å². The lowest BCUT2D eigenvalue weighted by Crippen LogP contribution is -2.33. The minimum Gasteiger partial charge on any atom is -0.387 e. The fraction of sp³-hybridized carbons (Fsp3) is 0.522. The smallest absolute Gasteiger partial charge is 0.340 e. The first-order valence-electron chi connectivity index (χ1n) is 12.8. The number of imidazole rings is 1. The summed E-state index contributed by atoms with van der Waals surface area (Å²) in [4.78, 5) is 43.8. The number of aliphatic hydroxyl groups excluding tert-OH is 2. The Morgan fingerprint density at radius 2 is 1.75 bits per heavy atom. The number of nitrogens with one attached hydrogen (secondary N) is 1. The monoisotopic (exact) mass is 598 g/mol. The van der Waals surface area contributed by atoms with E-state index in [-0.39, 0.29) is 0 Å². The van der Waals surface area contributed by atoms with E-state index in [1.807, 2.05) is 30.3 Å². The summed E-state index contributed by atoms with van der Waals surface area (Å²) in [5.41, 5.74) is 1.80. The lowest BCUT2D eigenvalue weighted by atomic mass is 10.1. The van der Waals surface area contributed by atoms with E-state index in [4.69, 9.17) is 29.0 Å². The largest absolute Gasteiger partial charge is 0.387 e. The summed E-state index contributed by atoms with van der Waals surface area (Å²) in [6.07, 6.45) is -0.939. The Hall–Kier alpha value is -2.45. The van der Waals surface area contributed by atoms with Gasteiger partial charge in [0, 0.05) is 19.6 Å². The molecule has 0 amide bonds. The number of hydrogen-bond acceptors (Lipinski definition) is 11. The average molecular weight is 598 g/mol. The van der Waals surface area contributed by atoms with E-state index in [2.05, 4.69) is 15.2 Å². The molecule has 3 aromatic rings. The quantitative estimate of drug-likeness (QED) is 0.182. The number of anilines is 2. The molecule has 0 saturated carbocycles. The zero-order chi connectivity index (χ0) is 28.5. The highest BCUT2D eigenvalue weighted by Crippen LogP contribution is 2.55. The predicted octanol–water partition coefficient (Wildman–Crippen LogP) is 1.39. The van der Waals surface area contributed by atoms with Crippen molar-refractivity contribution in [2.45, 2.75) is 50.3 Å². The van der Waals surface area contributed by atoms with Crippen LogP contribution in [0.2, 0.25) is 0 Å². The zero-order valence-electron chi connectivity index (χ0n) is 21.4. The highest BCUT2D eigenvalue weighted by atomic mass is 31.2. The maximum atomic E-state index is 12.0. The molecule has 15 nitrogen and oxygen atoms in total. The van der Waals surface area contributed by atoms with Gasteiger partial charge in [0.05, 0.1) is 12.9 Å². The fourth-order valence-corrected chi connectivity index (χ4v) is 7.36. The maximum absolute atomic E-state index is 12.0. The van der Waals surface area contributed by atoms with Crippen LogP contribution in [0.4, 0.5) is 11.8 Å². The number of rotatable bonds is 10. The van der Waals surface area contributed by atoms with E-state index < -0.39 is 52.2 Å². The molecule has 1 unspecified atom stereocenters. The van der Waals surface area contributed by atoms with Crippen molar-refractivity contribution in [1.29, 1.82) is 0 Å². The van der Waals surface area contributed by atoms with E-state index in [0.717, 1.165) is 37.9 Å². The Labute approximate surface area is 229 Å². The molecular formula is C23H32N6O9P2. The summed E-state index contributed by atoms with van der Waals surface area (Å²) in [6.45, 7) is 1.37. The highest BCUT2D eigenvalue weighted by Gasteiger charge is 2.46. The first-order chi connectivity index (χ1) is 19.0. The second-order valence-electron chi connectivity index (χ2n) is 9.87. The molecule has 2 aromatic heterocycles. The number of aromatic nitrogens is 4. The number of aliphatic hydroxyl groups is 2. The number of nitrogens with zero attached hydrogens (tertiary/aromatic N) is 5. The summed E-state index contributed by atoms with van der Waals surface area (Å²) in [6, 6.07) is 9.76. The van der Waals surface area contributed by atoms with Gasteiger partial charge in [0.1, 0.15) is 18.3 Å². The van der Waals surface area contributed by atoms with Gasteiger partial charge in [-0.1, -0.05) is 30.3 Å². The van der Waals surface area contributed by atoms with E-state index >= 15 is 0 Å². The van der Waals surface area contributed by atoms with Gasteiger partial charge in [-0.3, -0.25) is 13.7 Å². The van der Waals surface area contributed by atoms with Crippen LogP contribution in [0.3, 0.4) is 0 Å². The molecule has 4 heterocycles. The van der Waals surface area contributed by atoms with Crippen LogP contribution in [0.1, 0.15) is 31.1 Å². The van der Waals surface area contributed by atoms with Crippen molar-refractivity contribution < 1.29 is 43.3 Å². The van der Waals surface area contributed by atoms with Crippen LogP contribution in [0, 0.1) is 0 Å². The Bertz CT molecular complexity index is 1410. The predicted molar refractivity (Wildman–Crippen MR) is 144 cm³/mol. The highest BCUT2D eigenvalue weighted by molar-refractivity contribution is 7.70. The Kier molecular flexibility index (Phi) is 8.58. The lowest BCUT2D eigenvalue weighted by Gasteiger charge is -2.27. The molecule has 5 atom stereocenters. The van der Waals surface area contributed by atoms with E-state index in [9.17, 15) is 24.2 Å². The van der Waals surface area contributed by atoms with Crippen molar-refractivity contribution in [1.82, 2.24) is 19.5 Å². The van der Waals surface area contributed by atoms with Crippen LogP contribution in [0.15, 0.2) is 36.7 Å². The molecule has 2 fully saturated rings. The van der Waals surface area contributed by atoms with Crippen LogP contribution in [-0.2, 0) is 24.9 Å². The molecule has 218 valence electrons. The first-order valence-corrected chi connectivity index (χ1v) is 16.4. The van der Waals surface area contributed by atoms with Crippen molar-refractivity contribution in [3.8, 4) is 0 Å². The molecular weight excluding hydrogens is 566 g/mol. The third kappa shape index (κ3) is 6.71. The van der Waals surface area contributed by atoms with Gasteiger partial charge in [0.2, 0.25) is 5.95 Å². The van der Waals surface area contributed by atoms with Gasteiger partial charge in [-0.05, 0) is 24.8 Å². The summed E-state index contributed by atoms with van der Waals surface area (Å²) >= 11 is 0. The third-order valence-corrected chi connectivity index (χ3v) is 10.2. The molecule has 1 aromatic carbocycles. The molecule has 40 heavy (non-hydrogen) atoms. The first kappa shape index (κ1) is 29.1. The standard InChI is InChI=1S/C23H32N6O9P2/c30-18-16(12-37-40(35,36)14-39(32,33)34)38-22(19(18)31)29-13-25-17-20(24-11-15-7-3-1-4-8-15)26-23(27-21(17)29)28-9-5-2-6-10-28/h1,3-4,7-8,13,16,18-19,22,30-31H,2,5-6,9-12,14H2,(H,35,36)(H,24,26,27)(H2,32,33,34)/t16-,18-,19-,22-/m1/s1. The Balaban J connectivity index is 1.41. The van der Waals surface area contributed by atoms with Crippen LogP contribution in [0.5, 0.6) is 0 Å². The van der Waals surface area contributed by atoms with Gasteiger partial charge in [-0.15, -0.1) is 0 Å². The molecule has 2 saturated heterocycles. The fourth-order valence-electron chi connectivity index (χ4n) is 4.79. The third-order valence-electron chi connectivity index (χ3n) is 6.77. The van der Waals surface area contributed by atoms with Gasteiger partial charge in [0.15, 0.2) is 29.1 Å². The lowest BCUT2D eigenvalue weighted by molar-refractivity contribution is -0.0483. The average Bonchev–Trinajstić information content (AvgIpc) is 3.46. The van der Waals surface area contributed by atoms with E-state index in [0.29, 0.717) is 29.5 Å². The molecule has 0 spiro atoms. The van der Waals surface area contributed by atoms with Gasteiger partial charge in [0.25, 0.3) is 0 Å². The number of hydrogen-bond donors (Lipinski definition) is 6. The van der Waals surface area contributed by atoms with Crippen LogP contribution in [-0.4, -0.2) is 88.3 Å². The van der Waals surface area contributed by atoms with Gasteiger partial charge in [-0.2, -0.15) is 9.97 Å². The van der Waals surface area contributed by atoms with Gasteiger partial charge >= 0.3 is 15.2 Å². The Morgan fingerprint density at radius 3 is 2.45 bits per heavy atom. The summed E-state index contributed by atoms with van der Waals surface area (Å²) in [5, 5.41) is 24.7. The van der Waals surface area contributed by atoms with Gasteiger partial charge < -0.3 is 44.4 Å². The second-order valence-corrected chi connectivity index (χ2v) is 13.9. The molecule has 5 rings (SSSR count). The van der Waals surface area contributed by atoms with Crippen LogP contribution < -0.4 is 10.2 Å². The summed E-state index contributed by atoms with van der Waals surface area (Å²) in [7, 11) is -9.51. The molecule has 2 aliphatic rings. The number of piperidine rings is 1. The van der Waals surface area contributed by atoms with Crippen molar-refractivity contribution in [3.05, 3.63) is 42.2 Å². The van der Waals surface area contributed by atoms with Gasteiger partial charge in [-0.25, -0.2) is 4.98 Å². The number of fused-ring (bicyclic) bond motifs is 1. The molecule has 2 aliphatic heterocycles. The topological polar surface area (TPSA) is 213 Å². The molecule has 0 radical (unpaired) electrons. The second kappa shape index (κ2) is 11.8. The van der Waals surface area contributed by atoms with Crippen molar-refractivity contribution in [2.75, 3.05) is 35.8 Å². The van der Waals surface area contributed by atoms with E-state index in [1.54, 1.807) is 0 Å².